The van der Waals surface area contributed by atoms with Gasteiger partial charge < -0.3 is 0 Å². The van der Waals surface area contributed by atoms with Crippen LogP contribution in [0.15, 0.2) is 176 Å². The first kappa shape index (κ1) is 29.0. The largest absolute Gasteiger partial charge is 0.256 e. The molecule has 0 saturated heterocycles. The number of nitrogens with zero attached hydrogens (tertiary/aromatic N) is 3. The number of aromatic nitrogens is 3. The molecule has 0 spiro atoms. The first-order valence-corrected chi connectivity index (χ1v) is 17.2. The number of pyridine rings is 1. The van der Waals surface area contributed by atoms with Crippen LogP contribution >= 0.6 is 11.3 Å². The summed E-state index contributed by atoms with van der Waals surface area (Å²) in [5, 5.41) is 2.58. The zero-order valence-electron chi connectivity index (χ0n) is 26.5. The van der Waals surface area contributed by atoms with Gasteiger partial charge in [-0.25, -0.2) is 9.97 Å². The molecule has 3 aromatic heterocycles. The van der Waals surface area contributed by atoms with Crippen LogP contribution in [0.1, 0.15) is 0 Å². The normalized spacial score (nSPS) is 11.3. The van der Waals surface area contributed by atoms with Gasteiger partial charge in [0.1, 0.15) is 0 Å². The highest BCUT2D eigenvalue weighted by atomic mass is 32.1. The van der Waals surface area contributed by atoms with Crippen molar-refractivity contribution in [3.63, 3.8) is 0 Å². The fourth-order valence-electron chi connectivity index (χ4n) is 6.45. The Morgan fingerprint density at radius 1 is 0.327 bits per heavy atom. The highest BCUT2D eigenvalue weighted by Gasteiger charge is 2.15. The van der Waals surface area contributed by atoms with E-state index in [1.54, 1.807) is 0 Å². The van der Waals surface area contributed by atoms with Gasteiger partial charge in [0.15, 0.2) is 5.82 Å². The summed E-state index contributed by atoms with van der Waals surface area (Å²) in [5.41, 5.74) is 11.4. The smallest absolute Gasteiger partial charge is 0.160 e. The van der Waals surface area contributed by atoms with Crippen LogP contribution in [0.5, 0.6) is 0 Å². The van der Waals surface area contributed by atoms with E-state index >= 15 is 0 Å². The molecule has 0 saturated carbocycles. The van der Waals surface area contributed by atoms with E-state index in [2.05, 4.69) is 138 Å². The molecule has 0 N–H and O–H groups in total. The van der Waals surface area contributed by atoms with Crippen molar-refractivity contribution in [1.29, 1.82) is 0 Å². The van der Waals surface area contributed by atoms with E-state index in [1.807, 2.05) is 53.9 Å². The van der Waals surface area contributed by atoms with Crippen molar-refractivity contribution in [1.82, 2.24) is 15.0 Å². The number of thiophene rings is 1. The van der Waals surface area contributed by atoms with Crippen molar-refractivity contribution in [2.24, 2.45) is 0 Å². The third-order valence-electron chi connectivity index (χ3n) is 8.95. The van der Waals surface area contributed by atoms with Crippen molar-refractivity contribution in [2.75, 3.05) is 0 Å². The van der Waals surface area contributed by atoms with Crippen LogP contribution in [0.3, 0.4) is 0 Å². The Hall–Kier alpha value is -6.23. The van der Waals surface area contributed by atoms with E-state index < -0.39 is 0 Å². The lowest BCUT2D eigenvalue weighted by Crippen LogP contribution is -1.96. The maximum atomic E-state index is 5.20. The third kappa shape index (κ3) is 5.69. The molecule has 9 rings (SSSR count). The summed E-state index contributed by atoms with van der Waals surface area (Å²) in [6.07, 6.45) is 1.82. The van der Waals surface area contributed by atoms with Crippen molar-refractivity contribution >= 4 is 31.5 Å². The second-order valence-electron chi connectivity index (χ2n) is 12.1. The Bertz CT molecular complexity index is 2580. The molecule has 0 bridgehead atoms. The number of rotatable bonds is 6. The molecule has 0 amide bonds. The predicted molar refractivity (Wildman–Crippen MR) is 205 cm³/mol. The van der Waals surface area contributed by atoms with Crippen LogP contribution in [0, 0.1) is 0 Å². The minimum atomic E-state index is 0.694. The zero-order valence-corrected chi connectivity index (χ0v) is 27.3. The summed E-state index contributed by atoms with van der Waals surface area (Å²) < 4.78 is 2.61. The van der Waals surface area contributed by atoms with Gasteiger partial charge in [-0.2, -0.15) is 0 Å². The Balaban J connectivity index is 1.22. The SMILES string of the molecule is c1ccc(-c2cc(-c3ccc4sc5ccccc5c4c3)cc(-c3cc(-c4ccc(-c5ccccn5)cc4)nc(-c4ccccc4)n3)c2)cc1. The molecule has 0 aliphatic carbocycles. The molecule has 0 unspecified atom stereocenters. The monoisotopic (exact) mass is 643 g/mol. The molecular formula is C45H29N3S. The van der Waals surface area contributed by atoms with Gasteiger partial charge in [-0.3, -0.25) is 4.98 Å². The second kappa shape index (κ2) is 12.4. The van der Waals surface area contributed by atoms with Crippen molar-refractivity contribution in [2.45, 2.75) is 0 Å². The molecule has 3 heterocycles. The molecule has 4 heteroatoms. The summed E-state index contributed by atoms with van der Waals surface area (Å²) in [6, 6.07) is 59.7. The molecule has 49 heavy (non-hydrogen) atoms. The summed E-state index contributed by atoms with van der Waals surface area (Å²) >= 11 is 1.84. The summed E-state index contributed by atoms with van der Waals surface area (Å²) in [4.78, 5) is 14.8. The molecule has 0 radical (unpaired) electrons. The summed E-state index contributed by atoms with van der Waals surface area (Å²) in [5.74, 6) is 0.694. The fourth-order valence-corrected chi connectivity index (χ4v) is 7.54. The quantitative estimate of drug-likeness (QED) is 0.181. The van der Waals surface area contributed by atoms with Crippen molar-refractivity contribution < 1.29 is 0 Å². The van der Waals surface area contributed by atoms with E-state index in [9.17, 15) is 0 Å². The topological polar surface area (TPSA) is 38.7 Å². The average molecular weight is 644 g/mol. The van der Waals surface area contributed by atoms with Crippen LogP contribution in [0.25, 0.3) is 87.6 Å². The highest BCUT2D eigenvalue weighted by molar-refractivity contribution is 7.25. The van der Waals surface area contributed by atoms with Crippen LogP contribution in [-0.4, -0.2) is 15.0 Å². The minimum absolute atomic E-state index is 0.694. The Kier molecular flexibility index (Phi) is 7.34. The van der Waals surface area contributed by atoms with Crippen molar-refractivity contribution in [3.8, 4) is 67.4 Å². The van der Waals surface area contributed by atoms with Crippen molar-refractivity contribution in [3.05, 3.63) is 176 Å². The molecular weight excluding hydrogens is 615 g/mol. The number of fused-ring (bicyclic) bond motifs is 3. The Morgan fingerprint density at radius 3 is 1.63 bits per heavy atom. The first-order valence-electron chi connectivity index (χ1n) is 16.3. The second-order valence-corrected chi connectivity index (χ2v) is 13.2. The maximum Gasteiger partial charge on any atom is 0.160 e. The lowest BCUT2D eigenvalue weighted by atomic mass is 9.94. The Labute approximate surface area is 288 Å². The average Bonchev–Trinajstić information content (AvgIpc) is 3.57. The molecule has 3 nitrogen and oxygen atoms in total. The molecule has 9 aromatic rings. The van der Waals surface area contributed by atoms with Crippen LogP contribution in [0.2, 0.25) is 0 Å². The standard InChI is InChI=1S/C45H29N3S/c1-3-11-30(12-4-1)35-25-36(34-22-23-44-39(28-34)38-15-7-8-17-43(38)49-44)27-37(26-35)42-29-41(47-45(48-42)33-13-5-2-6-14-33)32-20-18-31(19-21-32)40-16-9-10-24-46-40/h1-29H. The first-order chi connectivity index (χ1) is 24.2. The molecule has 6 aromatic carbocycles. The summed E-state index contributed by atoms with van der Waals surface area (Å²) in [7, 11) is 0. The van der Waals surface area contributed by atoms with E-state index in [1.165, 1.54) is 25.7 Å². The molecule has 0 fully saturated rings. The van der Waals surface area contributed by atoms with Crippen LogP contribution < -0.4 is 0 Å². The van der Waals surface area contributed by atoms with Gasteiger partial charge in [-0.15, -0.1) is 11.3 Å². The lowest BCUT2D eigenvalue weighted by molar-refractivity contribution is 1.18. The van der Waals surface area contributed by atoms with E-state index in [0.717, 1.165) is 56.0 Å². The van der Waals surface area contributed by atoms with Gasteiger partial charge >= 0.3 is 0 Å². The number of hydrogen-bond acceptors (Lipinski definition) is 4. The van der Waals surface area contributed by atoms with Gasteiger partial charge in [0.2, 0.25) is 0 Å². The fraction of sp³-hybridized carbons (Fsp3) is 0. The van der Waals surface area contributed by atoms with Crippen LogP contribution in [-0.2, 0) is 0 Å². The van der Waals surface area contributed by atoms with E-state index in [0.29, 0.717) is 5.82 Å². The highest BCUT2D eigenvalue weighted by Crippen LogP contribution is 2.39. The lowest BCUT2D eigenvalue weighted by Gasteiger charge is -2.13. The summed E-state index contributed by atoms with van der Waals surface area (Å²) in [6.45, 7) is 0. The van der Waals surface area contributed by atoms with E-state index in [4.69, 9.17) is 9.97 Å². The third-order valence-corrected chi connectivity index (χ3v) is 10.1. The number of benzene rings is 6. The van der Waals surface area contributed by atoms with Gasteiger partial charge in [0, 0.05) is 48.6 Å². The molecule has 0 aliphatic heterocycles. The zero-order chi connectivity index (χ0) is 32.6. The predicted octanol–water partition coefficient (Wildman–Crippen LogP) is 12.2. The van der Waals surface area contributed by atoms with E-state index in [-0.39, 0.29) is 0 Å². The van der Waals surface area contributed by atoms with Gasteiger partial charge in [0.25, 0.3) is 0 Å². The molecule has 0 aliphatic rings. The molecule has 230 valence electrons. The van der Waals surface area contributed by atoms with Crippen LogP contribution in [0.4, 0.5) is 0 Å². The van der Waals surface area contributed by atoms with Gasteiger partial charge in [-0.05, 0) is 76.9 Å². The van der Waals surface area contributed by atoms with Gasteiger partial charge in [0.05, 0.1) is 17.1 Å². The number of hydrogen-bond donors (Lipinski definition) is 0. The molecule has 0 atom stereocenters. The maximum absolute atomic E-state index is 5.20. The minimum Gasteiger partial charge on any atom is -0.256 e. The van der Waals surface area contributed by atoms with Gasteiger partial charge in [-0.1, -0.05) is 115 Å². The Morgan fingerprint density at radius 2 is 0.898 bits per heavy atom.